The first-order valence-corrected chi connectivity index (χ1v) is 6.75. The van der Waals surface area contributed by atoms with E-state index in [-0.39, 0.29) is 0 Å². The van der Waals surface area contributed by atoms with Gasteiger partial charge in [-0.05, 0) is 38.6 Å². The van der Waals surface area contributed by atoms with Crippen LogP contribution in [0, 0.1) is 5.92 Å². The molecule has 2 rings (SSSR count). The molecule has 0 aliphatic heterocycles. The van der Waals surface area contributed by atoms with Gasteiger partial charge in [-0.3, -0.25) is 0 Å². The second-order valence-corrected chi connectivity index (χ2v) is 5.32. The molecule has 1 heterocycles. The van der Waals surface area contributed by atoms with Gasteiger partial charge in [-0.2, -0.15) is 4.98 Å². The summed E-state index contributed by atoms with van der Waals surface area (Å²) < 4.78 is 5.33. The van der Waals surface area contributed by atoms with Crippen molar-refractivity contribution in [3.05, 3.63) is 11.7 Å². The molecule has 1 N–H and O–H groups in total. The molecular formula is C13H23N3O. The van der Waals surface area contributed by atoms with Crippen molar-refractivity contribution in [3.8, 4) is 0 Å². The van der Waals surface area contributed by atoms with Gasteiger partial charge in [-0.1, -0.05) is 19.0 Å². The van der Waals surface area contributed by atoms with Crippen LogP contribution in [0.4, 0.5) is 0 Å². The van der Waals surface area contributed by atoms with Gasteiger partial charge in [0.2, 0.25) is 5.89 Å². The fourth-order valence-electron chi connectivity index (χ4n) is 2.64. The molecule has 0 radical (unpaired) electrons. The van der Waals surface area contributed by atoms with E-state index in [4.69, 9.17) is 4.52 Å². The first-order chi connectivity index (χ1) is 8.19. The van der Waals surface area contributed by atoms with E-state index in [1.54, 1.807) is 0 Å². The highest BCUT2D eigenvalue weighted by Crippen LogP contribution is 2.36. The van der Waals surface area contributed by atoms with Gasteiger partial charge in [-0.25, -0.2) is 0 Å². The lowest BCUT2D eigenvalue weighted by Crippen LogP contribution is -2.27. The molecule has 0 spiro atoms. The Morgan fingerprint density at radius 2 is 2.29 bits per heavy atom. The van der Waals surface area contributed by atoms with Gasteiger partial charge in [0.25, 0.3) is 0 Å². The molecule has 4 nitrogen and oxygen atoms in total. The van der Waals surface area contributed by atoms with Gasteiger partial charge in [-0.15, -0.1) is 0 Å². The Morgan fingerprint density at radius 1 is 1.47 bits per heavy atom. The first-order valence-electron chi connectivity index (χ1n) is 6.75. The van der Waals surface area contributed by atoms with Crippen molar-refractivity contribution in [1.29, 1.82) is 0 Å². The first kappa shape index (κ1) is 12.6. The minimum Gasteiger partial charge on any atom is -0.339 e. The summed E-state index contributed by atoms with van der Waals surface area (Å²) in [5.74, 6) is 3.03. The Labute approximate surface area is 103 Å². The highest BCUT2D eigenvalue weighted by molar-refractivity contribution is 4.99. The van der Waals surface area contributed by atoms with Crippen molar-refractivity contribution in [2.24, 2.45) is 5.92 Å². The minimum atomic E-state index is 0.399. The van der Waals surface area contributed by atoms with Gasteiger partial charge in [0.1, 0.15) is 0 Å². The molecular weight excluding hydrogens is 214 g/mol. The summed E-state index contributed by atoms with van der Waals surface area (Å²) >= 11 is 0. The normalized spacial score (nSPS) is 26.3. The van der Waals surface area contributed by atoms with Crippen molar-refractivity contribution in [1.82, 2.24) is 15.5 Å². The molecule has 96 valence electrons. The molecule has 1 aromatic rings. The second kappa shape index (κ2) is 5.63. The zero-order valence-corrected chi connectivity index (χ0v) is 11.1. The number of likely N-dealkylation sites (N-methyl/N-ethyl adjacent to an activating group) is 1. The van der Waals surface area contributed by atoms with Crippen LogP contribution in [0.2, 0.25) is 0 Å². The Hall–Kier alpha value is -0.900. The number of nitrogens with zero attached hydrogens (tertiary/aromatic N) is 2. The Kier molecular flexibility index (Phi) is 4.15. The van der Waals surface area contributed by atoms with Gasteiger partial charge in [0.15, 0.2) is 5.82 Å². The third kappa shape index (κ3) is 3.28. The maximum absolute atomic E-state index is 5.33. The van der Waals surface area contributed by atoms with Gasteiger partial charge in [0.05, 0.1) is 0 Å². The molecule has 0 bridgehead atoms. The summed E-state index contributed by atoms with van der Waals surface area (Å²) in [6, 6.07) is 0.399. The third-order valence-electron chi connectivity index (χ3n) is 3.58. The molecule has 0 amide bonds. The van der Waals surface area contributed by atoms with E-state index in [0.29, 0.717) is 12.0 Å². The molecule has 4 heteroatoms. The molecule has 0 saturated heterocycles. The zero-order valence-electron chi connectivity index (χ0n) is 11.1. The molecule has 0 aromatic carbocycles. The lowest BCUT2D eigenvalue weighted by Gasteiger charge is -2.08. The van der Waals surface area contributed by atoms with Crippen LogP contribution in [0.3, 0.4) is 0 Å². The fourth-order valence-corrected chi connectivity index (χ4v) is 2.64. The summed E-state index contributed by atoms with van der Waals surface area (Å²) in [7, 11) is 0. The Balaban J connectivity index is 1.91. The van der Waals surface area contributed by atoms with E-state index in [1.165, 1.54) is 19.3 Å². The minimum absolute atomic E-state index is 0.399. The van der Waals surface area contributed by atoms with E-state index >= 15 is 0 Å². The van der Waals surface area contributed by atoms with Crippen LogP contribution in [-0.4, -0.2) is 22.7 Å². The Bertz CT molecular complexity index is 350. The molecule has 1 saturated carbocycles. The molecule has 3 atom stereocenters. The van der Waals surface area contributed by atoms with Gasteiger partial charge < -0.3 is 9.84 Å². The van der Waals surface area contributed by atoms with Crippen LogP contribution >= 0.6 is 0 Å². The monoisotopic (exact) mass is 237 g/mol. The summed E-state index contributed by atoms with van der Waals surface area (Å²) in [5, 5.41) is 7.48. The largest absolute Gasteiger partial charge is 0.339 e. The third-order valence-corrected chi connectivity index (χ3v) is 3.58. The summed E-state index contributed by atoms with van der Waals surface area (Å²) in [4.78, 5) is 4.53. The van der Waals surface area contributed by atoms with Crippen LogP contribution in [0.15, 0.2) is 4.52 Å². The average Bonchev–Trinajstić information content (AvgIpc) is 2.87. The number of aromatic nitrogens is 2. The smallest absolute Gasteiger partial charge is 0.228 e. The van der Waals surface area contributed by atoms with Crippen molar-refractivity contribution < 1.29 is 4.52 Å². The van der Waals surface area contributed by atoms with E-state index in [9.17, 15) is 0 Å². The molecule has 1 aliphatic rings. The molecule has 1 fully saturated rings. The van der Waals surface area contributed by atoms with Crippen molar-refractivity contribution in [2.45, 2.75) is 58.4 Å². The lowest BCUT2D eigenvalue weighted by atomic mass is 10.1. The Morgan fingerprint density at radius 3 is 2.94 bits per heavy atom. The number of rotatable bonds is 5. The molecule has 1 aromatic heterocycles. The van der Waals surface area contributed by atoms with Crippen LogP contribution in [0.25, 0.3) is 0 Å². The summed E-state index contributed by atoms with van der Waals surface area (Å²) in [6.07, 6.45) is 4.54. The van der Waals surface area contributed by atoms with Crippen LogP contribution in [-0.2, 0) is 6.42 Å². The maximum atomic E-state index is 5.33. The average molecular weight is 237 g/mol. The zero-order chi connectivity index (χ0) is 12.3. The summed E-state index contributed by atoms with van der Waals surface area (Å²) in [5.41, 5.74) is 0. The number of hydrogen-bond acceptors (Lipinski definition) is 4. The predicted octanol–water partition coefficient (Wildman–Crippen LogP) is 2.51. The molecule has 1 aliphatic carbocycles. The van der Waals surface area contributed by atoms with E-state index < -0.39 is 0 Å². The second-order valence-electron chi connectivity index (χ2n) is 5.32. The topological polar surface area (TPSA) is 51.0 Å². The highest BCUT2D eigenvalue weighted by Gasteiger charge is 2.26. The lowest BCUT2D eigenvalue weighted by molar-refractivity contribution is 0.355. The van der Waals surface area contributed by atoms with Crippen LogP contribution in [0.5, 0.6) is 0 Å². The SMILES string of the molecule is CCNC(C)Cc1nc(C2CCC(C)C2)no1. The quantitative estimate of drug-likeness (QED) is 0.855. The van der Waals surface area contributed by atoms with Gasteiger partial charge >= 0.3 is 0 Å². The number of hydrogen-bond donors (Lipinski definition) is 1. The van der Waals surface area contributed by atoms with E-state index in [2.05, 4.69) is 36.2 Å². The van der Waals surface area contributed by atoms with Crippen LogP contribution in [0.1, 0.15) is 57.7 Å². The highest BCUT2D eigenvalue weighted by atomic mass is 16.5. The van der Waals surface area contributed by atoms with Crippen LogP contribution < -0.4 is 5.32 Å². The van der Waals surface area contributed by atoms with E-state index in [1.807, 2.05) is 0 Å². The summed E-state index contributed by atoms with van der Waals surface area (Å²) in [6.45, 7) is 7.53. The van der Waals surface area contributed by atoms with Gasteiger partial charge in [0, 0.05) is 18.4 Å². The predicted molar refractivity (Wildman–Crippen MR) is 66.9 cm³/mol. The van der Waals surface area contributed by atoms with Crippen molar-refractivity contribution in [3.63, 3.8) is 0 Å². The number of nitrogens with one attached hydrogen (secondary N) is 1. The molecule has 17 heavy (non-hydrogen) atoms. The standard InChI is InChI=1S/C13H23N3O/c1-4-14-10(3)8-12-15-13(16-17-12)11-6-5-9(2)7-11/h9-11,14H,4-8H2,1-3H3. The van der Waals surface area contributed by atoms with Crippen molar-refractivity contribution >= 4 is 0 Å². The molecule has 3 unspecified atom stereocenters. The maximum Gasteiger partial charge on any atom is 0.228 e. The fraction of sp³-hybridized carbons (Fsp3) is 0.846. The van der Waals surface area contributed by atoms with Crippen molar-refractivity contribution in [2.75, 3.05) is 6.54 Å². The van der Waals surface area contributed by atoms with E-state index in [0.717, 1.165) is 30.6 Å².